The number of hydrogen-bond acceptors (Lipinski definition) is 5. The molecule has 1 aromatic carbocycles. The molecule has 6 nitrogen and oxygen atoms in total. The summed E-state index contributed by atoms with van der Waals surface area (Å²) in [6, 6.07) is 10.5. The van der Waals surface area contributed by atoms with Crippen molar-refractivity contribution in [3.63, 3.8) is 0 Å². The number of benzene rings is 1. The van der Waals surface area contributed by atoms with E-state index in [0.29, 0.717) is 6.54 Å². The van der Waals surface area contributed by atoms with Gasteiger partial charge in [0.1, 0.15) is 5.82 Å². The Morgan fingerprint density at radius 3 is 2.65 bits per heavy atom. The molecule has 0 saturated carbocycles. The SMILES string of the molecule is CS(=O)(=O)NCCCNCc1cc2ccccc2nc1N1CCCCC1. The lowest BCUT2D eigenvalue weighted by Gasteiger charge is -2.30. The molecule has 0 spiro atoms. The molecule has 2 heterocycles. The van der Waals surface area contributed by atoms with Gasteiger partial charge in [-0.1, -0.05) is 18.2 Å². The highest BCUT2D eigenvalue weighted by Crippen LogP contribution is 2.26. The molecule has 0 bridgehead atoms. The van der Waals surface area contributed by atoms with Crippen molar-refractivity contribution in [3.05, 3.63) is 35.9 Å². The third-order valence-corrected chi connectivity index (χ3v) is 5.37. The number of sulfonamides is 1. The van der Waals surface area contributed by atoms with Crippen LogP contribution in [0.5, 0.6) is 0 Å². The Morgan fingerprint density at radius 2 is 1.88 bits per heavy atom. The molecule has 1 aliphatic heterocycles. The summed E-state index contributed by atoms with van der Waals surface area (Å²) in [5, 5.41) is 4.59. The summed E-state index contributed by atoms with van der Waals surface area (Å²) in [6.07, 6.45) is 5.68. The molecule has 0 atom stereocenters. The van der Waals surface area contributed by atoms with E-state index in [1.54, 1.807) is 0 Å². The number of rotatable bonds is 8. The van der Waals surface area contributed by atoms with Crippen molar-refractivity contribution in [3.8, 4) is 0 Å². The fourth-order valence-corrected chi connectivity index (χ4v) is 3.87. The zero-order valence-electron chi connectivity index (χ0n) is 15.4. The van der Waals surface area contributed by atoms with Crippen LogP contribution >= 0.6 is 0 Å². The molecule has 1 fully saturated rings. The van der Waals surface area contributed by atoms with Gasteiger partial charge in [-0.05, 0) is 44.4 Å². The summed E-state index contributed by atoms with van der Waals surface area (Å²) >= 11 is 0. The van der Waals surface area contributed by atoms with E-state index >= 15 is 0 Å². The summed E-state index contributed by atoms with van der Waals surface area (Å²) in [6.45, 7) is 4.09. The third kappa shape index (κ3) is 5.40. The topological polar surface area (TPSA) is 74.3 Å². The van der Waals surface area contributed by atoms with Crippen LogP contribution in [0.25, 0.3) is 10.9 Å². The summed E-state index contributed by atoms with van der Waals surface area (Å²) in [4.78, 5) is 7.34. The maximum Gasteiger partial charge on any atom is 0.208 e. The predicted molar refractivity (Wildman–Crippen MR) is 107 cm³/mol. The third-order valence-electron chi connectivity index (χ3n) is 4.65. The molecule has 0 amide bonds. The van der Waals surface area contributed by atoms with Crippen molar-refractivity contribution >= 4 is 26.7 Å². The minimum Gasteiger partial charge on any atom is -0.356 e. The van der Waals surface area contributed by atoms with E-state index in [1.807, 2.05) is 12.1 Å². The quantitative estimate of drug-likeness (QED) is 0.691. The second kappa shape index (κ2) is 8.79. The summed E-state index contributed by atoms with van der Waals surface area (Å²) in [5.41, 5.74) is 2.25. The van der Waals surface area contributed by atoms with E-state index in [1.165, 1.54) is 31.1 Å². The molecular weight excluding hydrogens is 348 g/mol. The van der Waals surface area contributed by atoms with E-state index in [4.69, 9.17) is 4.98 Å². The van der Waals surface area contributed by atoms with Crippen LogP contribution in [0, 0.1) is 0 Å². The van der Waals surface area contributed by atoms with Crippen molar-refractivity contribution in [2.24, 2.45) is 0 Å². The molecule has 1 saturated heterocycles. The lowest BCUT2D eigenvalue weighted by Crippen LogP contribution is -2.32. The molecule has 2 N–H and O–H groups in total. The number of para-hydroxylation sites is 1. The van der Waals surface area contributed by atoms with Crippen molar-refractivity contribution in [1.82, 2.24) is 15.0 Å². The number of anilines is 1. The van der Waals surface area contributed by atoms with E-state index < -0.39 is 10.0 Å². The van der Waals surface area contributed by atoms with Crippen molar-refractivity contribution < 1.29 is 8.42 Å². The Labute approximate surface area is 156 Å². The van der Waals surface area contributed by atoms with Crippen LogP contribution in [0.15, 0.2) is 30.3 Å². The van der Waals surface area contributed by atoms with Crippen LogP contribution in [-0.4, -0.2) is 45.8 Å². The Balaban J connectivity index is 1.67. The molecular formula is C19H28N4O2S. The number of nitrogens with one attached hydrogen (secondary N) is 2. The van der Waals surface area contributed by atoms with E-state index in [2.05, 4.69) is 33.1 Å². The Hall–Kier alpha value is -1.70. The standard InChI is InChI=1S/C19H28N4O2S/c1-26(24,25)21-11-7-10-20-15-17-14-16-8-3-4-9-18(16)22-19(17)23-12-5-2-6-13-23/h3-4,8-9,14,20-21H,2,5-7,10-13,15H2,1H3. The lowest BCUT2D eigenvalue weighted by molar-refractivity contribution is 0.567. The van der Waals surface area contributed by atoms with Gasteiger partial charge in [-0.3, -0.25) is 0 Å². The minimum absolute atomic E-state index is 0.459. The molecule has 2 aromatic rings. The first kappa shape index (κ1) is 19.1. The van der Waals surface area contributed by atoms with Crippen LogP contribution in [0.4, 0.5) is 5.82 Å². The number of piperidine rings is 1. The minimum atomic E-state index is -3.10. The zero-order chi connectivity index (χ0) is 18.4. The van der Waals surface area contributed by atoms with Gasteiger partial charge in [0.15, 0.2) is 0 Å². The van der Waals surface area contributed by atoms with E-state index in [0.717, 1.165) is 49.3 Å². The molecule has 0 aliphatic carbocycles. The highest BCUT2D eigenvalue weighted by atomic mass is 32.2. The fourth-order valence-electron chi connectivity index (χ4n) is 3.35. The number of aromatic nitrogens is 1. The molecule has 142 valence electrons. The van der Waals surface area contributed by atoms with E-state index in [9.17, 15) is 8.42 Å². The zero-order valence-corrected chi connectivity index (χ0v) is 16.2. The van der Waals surface area contributed by atoms with Gasteiger partial charge < -0.3 is 10.2 Å². The maximum atomic E-state index is 11.1. The second-order valence-corrected chi connectivity index (χ2v) is 8.74. The molecule has 7 heteroatoms. The largest absolute Gasteiger partial charge is 0.356 e. The first-order valence-electron chi connectivity index (χ1n) is 9.32. The molecule has 0 radical (unpaired) electrons. The molecule has 26 heavy (non-hydrogen) atoms. The first-order chi connectivity index (χ1) is 12.5. The van der Waals surface area contributed by atoms with Gasteiger partial charge in [0.05, 0.1) is 11.8 Å². The Bertz CT molecular complexity index is 833. The predicted octanol–water partition coefficient (Wildman–Crippen LogP) is 2.25. The lowest BCUT2D eigenvalue weighted by atomic mass is 10.1. The van der Waals surface area contributed by atoms with Crippen molar-refractivity contribution in [2.45, 2.75) is 32.2 Å². The monoisotopic (exact) mass is 376 g/mol. The van der Waals surface area contributed by atoms with Gasteiger partial charge in [-0.2, -0.15) is 0 Å². The highest BCUT2D eigenvalue weighted by molar-refractivity contribution is 7.88. The van der Waals surface area contributed by atoms with Gasteiger partial charge in [0.2, 0.25) is 10.0 Å². The molecule has 0 unspecified atom stereocenters. The maximum absolute atomic E-state index is 11.1. The molecule has 1 aromatic heterocycles. The first-order valence-corrected chi connectivity index (χ1v) is 11.2. The van der Waals surface area contributed by atoms with Gasteiger partial charge >= 0.3 is 0 Å². The normalized spacial score (nSPS) is 15.5. The van der Waals surface area contributed by atoms with Crippen LogP contribution < -0.4 is 14.9 Å². The summed E-state index contributed by atoms with van der Waals surface area (Å²) in [5.74, 6) is 1.09. The van der Waals surface area contributed by atoms with Gasteiger partial charge in [-0.15, -0.1) is 0 Å². The highest BCUT2D eigenvalue weighted by Gasteiger charge is 2.16. The molecule has 3 rings (SSSR count). The van der Waals surface area contributed by atoms with Crippen LogP contribution in [-0.2, 0) is 16.6 Å². The van der Waals surface area contributed by atoms with Crippen LogP contribution in [0.1, 0.15) is 31.2 Å². The van der Waals surface area contributed by atoms with Crippen LogP contribution in [0.2, 0.25) is 0 Å². The number of hydrogen-bond donors (Lipinski definition) is 2. The number of fused-ring (bicyclic) bond motifs is 1. The summed E-state index contributed by atoms with van der Waals surface area (Å²) < 4.78 is 24.7. The van der Waals surface area contributed by atoms with Crippen molar-refractivity contribution in [2.75, 3.05) is 37.3 Å². The average Bonchev–Trinajstić information content (AvgIpc) is 2.63. The average molecular weight is 377 g/mol. The number of nitrogens with zero attached hydrogens (tertiary/aromatic N) is 2. The van der Waals surface area contributed by atoms with Gasteiger partial charge in [0, 0.05) is 37.1 Å². The fraction of sp³-hybridized carbons (Fsp3) is 0.526. The number of pyridine rings is 1. The smallest absolute Gasteiger partial charge is 0.208 e. The Morgan fingerprint density at radius 1 is 1.12 bits per heavy atom. The molecule has 1 aliphatic rings. The second-order valence-electron chi connectivity index (χ2n) is 6.91. The van der Waals surface area contributed by atoms with Crippen molar-refractivity contribution in [1.29, 1.82) is 0 Å². The van der Waals surface area contributed by atoms with Crippen LogP contribution in [0.3, 0.4) is 0 Å². The van der Waals surface area contributed by atoms with Gasteiger partial charge in [-0.25, -0.2) is 18.1 Å². The van der Waals surface area contributed by atoms with E-state index in [-0.39, 0.29) is 0 Å². The Kier molecular flexibility index (Phi) is 6.45. The summed E-state index contributed by atoms with van der Waals surface area (Å²) in [7, 11) is -3.10. The van der Waals surface area contributed by atoms with Gasteiger partial charge in [0.25, 0.3) is 0 Å².